The number of carbonyl (C=O) groups is 1. The van der Waals surface area contributed by atoms with Crippen LogP contribution in [0.15, 0.2) is 16.8 Å². The number of hydrogen-bond acceptors (Lipinski definition) is 3. The summed E-state index contributed by atoms with van der Waals surface area (Å²) in [6.45, 7) is 2.19. The summed E-state index contributed by atoms with van der Waals surface area (Å²) < 4.78 is 0. The molecule has 1 saturated heterocycles. The van der Waals surface area contributed by atoms with Crippen molar-refractivity contribution in [2.75, 3.05) is 13.1 Å². The van der Waals surface area contributed by atoms with E-state index in [-0.39, 0.29) is 5.91 Å². The molecule has 0 aliphatic carbocycles. The van der Waals surface area contributed by atoms with Gasteiger partial charge in [-0.1, -0.05) is 0 Å². The molecule has 1 amide bonds. The Balaban J connectivity index is 1.96. The molecule has 1 atom stereocenters. The summed E-state index contributed by atoms with van der Waals surface area (Å²) in [6.07, 6.45) is 0.626. The standard InChI is InChI=1S/C10H14N2OS/c11-4-9-3-10(13)12(6-9)5-8-1-2-14-7-8/h1-2,7,9H,3-6,11H2. The normalized spacial score (nSPS) is 21.9. The molecule has 0 saturated carbocycles. The highest BCUT2D eigenvalue weighted by molar-refractivity contribution is 7.07. The average molecular weight is 210 g/mol. The summed E-state index contributed by atoms with van der Waals surface area (Å²) in [6, 6.07) is 2.06. The largest absolute Gasteiger partial charge is 0.338 e. The molecule has 1 aromatic rings. The SMILES string of the molecule is NCC1CC(=O)N(Cc2ccsc2)C1. The van der Waals surface area contributed by atoms with Gasteiger partial charge in [-0.25, -0.2) is 0 Å². The molecular formula is C10H14N2OS. The van der Waals surface area contributed by atoms with E-state index in [4.69, 9.17) is 5.73 Å². The van der Waals surface area contributed by atoms with E-state index < -0.39 is 0 Å². The van der Waals surface area contributed by atoms with Gasteiger partial charge in [0.05, 0.1) is 0 Å². The first-order valence-corrected chi connectivity index (χ1v) is 5.73. The van der Waals surface area contributed by atoms with Gasteiger partial charge in [0.1, 0.15) is 0 Å². The Labute approximate surface area is 87.5 Å². The van der Waals surface area contributed by atoms with Gasteiger partial charge in [0.2, 0.25) is 5.91 Å². The third-order valence-corrected chi connectivity index (χ3v) is 3.31. The molecule has 0 spiro atoms. The zero-order valence-corrected chi connectivity index (χ0v) is 8.80. The second kappa shape index (κ2) is 4.11. The third-order valence-electron chi connectivity index (χ3n) is 2.58. The first kappa shape index (κ1) is 9.68. The van der Waals surface area contributed by atoms with Crippen LogP contribution >= 0.6 is 11.3 Å². The lowest BCUT2D eigenvalue weighted by atomic mass is 10.1. The Morgan fingerprint density at radius 2 is 2.50 bits per heavy atom. The Bertz CT molecular complexity index is 310. The maximum Gasteiger partial charge on any atom is 0.223 e. The van der Waals surface area contributed by atoms with Crippen molar-refractivity contribution in [3.63, 3.8) is 0 Å². The van der Waals surface area contributed by atoms with Gasteiger partial charge in [0, 0.05) is 19.5 Å². The lowest BCUT2D eigenvalue weighted by Crippen LogP contribution is -2.25. The third kappa shape index (κ3) is 1.96. The van der Waals surface area contributed by atoms with Crippen molar-refractivity contribution >= 4 is 17.2 Å². The Kier molecular flexibility index (Phi) is 2.84. The number of nitrogens with zero attached hydrogens (tertiary/aromatic N) is 1. The number of carbonyl (C=O) groups excluding carboxylic acids is 1. The van der Waals surface area contributed by atoms with E-state index in [0.29, 0.717) is 18.9 Å². The number of amides is 1. The molecule has 0 radical (unpaired) electrons. The molecule has 1 aromatic heterocycles. The molecule has 0 aromatic carbocycles. The number of nitrogens with two attached hydrogens (primary N) is 1. The zero-order chi connectivity index (χ0) is 9.97. The Hall–Kier alpha value is -0.870. The van der Waals surface area contributed by atoms with Crippen LogP contribution in [0.4, 0.5) is 0 Å². The van der Waals surface area contributed by atoms with Crippen LogP contribution in [-0.4, -0.2) is 23.9 Å². The first-order valence-electron chi connectivity index (χ1n) is 4.78. The van der Waals surface area contributed by atoms with Crippen LogP contribution in [0.5, 0.6) is 0 Å². The minimum absolute atomic E-state index is 0.242. The zero-order valence-electron chi connectivity index (χ0n) is 7.98. The van der Waals surface area contributed by atoms with Crippen molar-refractivity contribution in [3.05, 3.63) is 22.4 Å². The molecule has 2 rings (SSSR count). The molecule has 1 fully saturated rings. The van der Waals surface area contributed by atoms with Crippen LogP contribution in [-0.2, 0) is 11.3 Å². The van der Waals surface area contributed by atoms with Crippen molar-refractivity contribution in [1.29, 1.82) is 0 Å². The van der Waals surface area contributed by atoms with Gasteiger partial charge in [-0.2, -0.15) is 11.3 Å². The molecule has 0 bridgehead atoms. The van der Waals surface area contributed by atoms with Crippen molar-refractivity contribution < 1.29 is 4.79 Å². The topological polar surface area (TPSA) is 46.3 Å². The lowest BCUT2D eigenvalue weighted by molar-refractivity contribution is -0.128. The molecule has 2 N–H and O–H groups in total. The number of rotatable bonds is 3. The van der Waals surface area contributed by atoms with Gasteiger partial charge in [-0.3, -0.25) is 4.79 Å². The quantitative estimate of drug-likeness (QED) is 0.810. The van der Waals surface area contributed by atoms with E-state index >= 15 is 0 Å². The van der Waals surface area contributed by atoms with Gasteiger partial charge in [-0.05, 0) is 34.9 Å². The van der Waals surface area contributed by atoms with E-state index in [1.807, 2.05) is 10.3 Å². The highest BCUT2D eigenvalue weighted by atomic mass is 32.1. The molecule has 4 heteroatoms. The summed E-state index contributed by atoms with van der Waals surface area (Å²) in [4.78, 5) is 13.4. The van der Waals surface area contributed by atoms with Gasteiger partial charge in [-0.15, -0.1) is 0 Å². The van der Waals surface area contributed by atoms with E-state index in [9.17, 15) is 4.79 Å². The lowest BCUT2D eigenvalue weighted by Gasteiger charge is -2.15. The van der Waals surface area contributed by atoms with Gasteiger partial charge < -0.3 is 10.6 Å². The molecule has 1 unspecified atom stereocenters. The maximum absolute atomic E-state index is 11.5. The molecule has 3 nitrogen and oxygen atoms in total. The maximum atomic E-state index is 11.5. The van der Waals surface area contributed by atoms with Crippen molar-refractivity contribution in [2.24, 2.45) is 11.7 Å². The van der Waals surface area contributed by atoms with Crippen LogP contribution in [0.2, 0.25) is 0 Å². The number of hydrogen-bond donors (Lipinski definition) is 1. The second-order valence-electron chi connectivity index (χ2n) is 3.71. The fourth-order valence-electron chi connectivity index (χ4n) is 1.77. The highest BCUT2D eigenvalue weighted by Crippen LogP contribution is 2.19. The van der Waals surface area contributed by atoms with Gasteiger partial charge in [0.15, 0.2) is 0 Å². The predicted octanol–water partition coefficient (Wildman–Crippen LogP) is 1.06. The molecule has 2 heterocycles. The van der Waals surface area contributed by atoms with E-state index in [1.54, 1.807) is 11.3 Å². The highest BCUT2D eigenvalue weighted by Gasteiger charge is 2.28. The fourth-order valence-corrected chi connectivity index (χ4v) is 2.43. The summed E-state index contributed by atoms with van der Waals surface area (Å²) in [5.41, 5.74) is 6.78. The number of likely N-dealkylation sites (tertiary alicyclic amines) is 1. The first-order chi connectivity index (χ1) is 6.79. The van der Waals surface area contributed by atoms with Crippen molar-refractivity contribution in [3.8, 4) is 0 Å². The fraction of sp³-hybridized carbons (Fsp3) is 0.500. The predicted molar refractivity (Wildman–Crippen MR) is 56.9 cm³/mol. The Morgan fingerprint density at radius 3 is 3.07 bits per heavy atom. The van der Waals surface area contributed by atoms with Crippen LogP contribution in [0.25, 0.3) is 0 Å². The summed E-state index contributed by atoms with van der Waals surface area (Å²) in [7, 11) is 0. The van der Waals surface area contributed by atoms with E-state index in [0.717, 1.165) is 13.1 Å². The van der Waals surface area contributed by atoms with Crippen molar-refractivity contribution in [1.82, 2.24) is 4.90 Å². The Morgan fingerprint density at radius 1 is 1.64 bits per heavy atom. The molecule has 1 aliphatic heterocycles. The monoisotopic (exact) mass is 210 g/mol. The van der Waals surface area contributed by atoms with Crippen LogP contribution < -0.4 is 5.73 Å². The van der Waals surface area contributed by atoms with Crippen LogP contribution in [0.1, 0.15) is 12.0 Å². The minimum atomic E-state index is 0.242. The minimum Gasteiger partial charge on any atom is -0.338 e. The summed E-state index contributed by atoms with van der Waals surface area (Å²) in [5, 5.41) is 4.12. The number of thiophene rings is 1. The second-order valence-corrected chi connectivity index (χ2v) is 4.49. The average Bonchev–Trinajstić information content (AvgIpc) is 2.78. The van der Waals surface area contributed by atoms with E-state index in [1.165, 1.54) is 5.56 Å². The van der Waals surface area contributed by atoms with Crippen LogP contribution in [0, 0.1) is 5.92 Å². The van der Waals surface area contributed by atoms with E-state index in [2.05, 4.69) is 11.4 Å². The van der Waals surface area contributed by atoms with Crippen molar-refractivity contribution in [2.45, 2.75) is 13.0 Å². The van der Waals surface area contributed by atoms with Gasteiger partial charge >= 0.3 is 0 Å². The molecule has 1 aliphatic rings. The molecule has 76 valence electrons. The molecular weight excluding hydrogens is 196 g/mol. The smallest absolute Gasteiger partial charge is 0.223 e. The van der Waals surface area contributed by atoms with Crippen LogP contribution in [0.3, 0.4) is 0 Å². The summed E-state index contributed by atoms with van der Waals surface area (Å²) >= 11 is 1.67. The molecule has 14 heavy (non-hydrogen) atoms. The summed E-state index contributed by atoms with van der Waals surface area (Å²) in [5.74, 6) is 0.604. The van der Waals surface area contributed by atoms with Gasteiger partial charge in [0.25, 0.3) is 0 Å².